The van der Waals surface area contributed by atoms with Crippen LogP contribution in [0.3, 0.4) is 0 Å². The summed E-state index contributed by atoms with van der Waals surface area (Å²) in [5, 5.41) is 9.39. The number of fused-ring (bicyclic) bond motifs is 1. The van der Waals surface area contributed by atoms with Crippen LogP contribution in [0.1, 0.15) is 17.0 Å². The number of para-hydroxylation sites is 2. The molecule has 0 N–H and O–H groups in total. The number of alkyl halides is 1. The van der Waals surface area contributed by atoms with Crippen LogP contribution in [0, 0.1) is 23.0 Å². The van der Waals surface area contributed by atoms with Gasteiger partial charge >= 0.3 is 0 Å². The van der Waals surface area contributed by atoms with Gasteiger partial charge in [0.25, 0.3) is 0 Å². The molecule has 0 aliphatic heterocycles. The quantitative estimate of drug-likeness (QED) is 0.325. The fourth-order valence-electron chi connectivity index (χ4n) is 3.21. The van der Waals surface area contributed by atoms with E-state index in [1.807, 2.05) is 30.3 Å². The van der Waals surface area contributed by atoms with Gasteiger partial charge in [-0.1, -0.05) is 24.3 Å². The summed E-state index contributed by atoms with van der Waals surface area (Å²) in [4.78, 5) is 4.31. The van der Waals surface area contributed by atoms with Crippen molar-refractivity contribution in [1.82, 2.24) is 9.55 Å². The Hall–Kier alpha value is -3.85. The Bertz CT molecular complexity index is 1270. The predicted molar refractivity (Wildman–Crippen MR) is 106 cm³/mol. The van der Waals surface area contributed by atoms with E-state index in [0.29, 0.717) is 16.8 Å². The normalized spacial score (nSPS) is 11.6. The van der Waals surface area contributed by atoms with Gasteiger partial charge in [-0.05, 0) is 54.1 Å². The number of allylic oxidation sites excluding steroid dienone is 1. The molecule has 0 bridgehead atoms. The minimum atomic E-state index is -0.715. The van der Waals surface area contributed by atoms with Crippen molar-refractivity contribution in [3.8, 4) is 11.8 Å². The highest BCUT2D eigenvalue weighted by Crippen LogP contribution is 2.25. The lowest BCUT2D eigenvalue weighted by atomic mass is 10.0. The van der Waals surface area contributed by atoms with Crippen molar-refractivity contribution in [2.24, 2.45) is 0 Å². The lowest BCUT2D eigenvalue weighted by Gasteiger charge is -2.08. The fraction of sp³-hybridized carbons (Fsp3) is 0.0435. The molecule has 0 amide bonds. The average molecular weight is 389 g/mol. The molecule has 6 heteroatoms. The third-order valence-corrected chi connectivity index (χ3v) is 4.55. The molecule has 0 aliphatic rings. The van der Waals surface area contributed by atoms with Crippen molar-refractivity contribution in [2.45, 2.75) is 6.67 Å². The zero-order valence-corrected chi connectivity index (χ0v) is 15.1. The Morgan fingerprint density at radius 3 is 2.52 bits per heavy atom. The molecule has 0 aliphatic carbocycles. The van der Waals surface area contributed by atoms with E-state index in [1.165, 1.54) is 6.08 Å². The summed E-state index contributed by atoms with van der Waals surface area (Å²) in [5.41, 5.74) is 2.71. The molecule has 4 aromatic rings. The molecule has 0 fully saturated rings. The largest absolute Gasteiger partial charge is 0.294 e. The van der Waals surface area contributed by atoms with Crippen LogP contribution < -0.4 is 0 Å². The molecule has 0 radical (unpaired) electrons. The molecule has 0 spiro atoms. The lowest BCUT2D eigenvalue weighted by molar-refractivity contribution is 0.462. The van der Waals surface area contributed by atoms with Crippen molar-refractivity contribution in [2.75, 3.05) is 0 Å². The molecule has 3 aromatic carbocycles. The summed E-state index contributed by atoms with van der Waals surface area (Å²) in [6.45, 7) is -0.715. The molecule has 1 aromatic heterocycles. The summed E-state index contributed by atoms with van der Waals surface area (Å²) in [6, 6.07) is 19.2. The first kappa shape index (κ1) is 18.5. The third-order valence-electron chi connectivity index (χ3n) is 4.55. The van der Waals surface area contributed by atoms with E-state index in [4.69, 9.17) is 0 Å². The SMILES string of the molecule is N#C/C(=C\c1ccc(-n2c(CF)nc3ccccc32)cc1)c1cc(F)ccc1F. The van der Waals surface area contributed by atoms with Gasteiger partial charge in [0, 0.05) is 11.3 Å². The monoisotopic (exact) mass is 389 g/mol. The highest BCUT2D eigenvalue weighted by Gasteiger charge is 2.12. The number of rotatable bonds is 4. The minimum absolute atomic E-state index is 0.00674. The number of hydrogen-bond acceptors (Lipinski definition) is 2. The van der Waals surface area contributed by atoms with E-state index in [1.54, 1.807) is 28.8 Å². The highest BCUT2D eigenvalue weighted by atomic mass is 19.1. The van der Waals surface area contributed by atoms with Crippen molar-refractivity contribution < 1.29 is 13.2 Å². The summed E-state index contributed by atoms with van der Waals surface area (Å²) < 4.78 is 42.6. The standard InChI is InChI=1S/C23H14F3N3/c24-13-23-28-21-3-1-2-4-22(21)29(23)18-8-5-15(6-9-18)11-16(14-27)19-12-17(25)7-10-20(19)26/h1-12H,13H2/b16-11+. The molecular weight excluding hydrogens is 375 g/mol. The van der Waals surface area contributed by atoms with Crippen LogP contribution >= 0.6 is 0 Å². The second-order valence-corrected chi connectivity index (χ2v) is 6.37. The molecule has 0 saturated heterocycles. The van der Waals surface area contributed by atoms with Crippen LogP contribution in [0.2, 0.25) is 0 Å². The van der Waals surface area contributed by atoms with Gasteiger partial charge in [0.05, 0.1) is 22.7 Å². The lowest BCUT2D eigenvalue weighted by Crippen LogP contribution is -1.99. The van der Waals surface area contributed by atoms with E-state index in [9.17, 15) is 18.4 Å². The van der Waals surface area contributed by atoms with Gasteiger partial charge in [-0.25, -0.2) is 18.2 Å². The molecule has 0 saturated carbocycles. The summed E-state index contributed by atoms with van der Waals surface area (Å²) in [5.74, 6) is -1.01. The molecule has 4 rings (SSSR count). The van der Waals surface area contributed by atoms with Crippen LogP contribution in [0.5, 0.6) is 0 Å². The van der Waals surface area contributed by atoms with Crippen molar-refractivity contribution in [3.63, 3.8) is 0 Å². The van der Waals surface area contributed by atoms with Gasteiger partial charge in [-0.15, -0.1) is 0 Å². The number of nitriles is 1. The van der Waals surface area contributed by atoms with Crippen LogP contribution in [0.4, 0.5) is 13.2 Å². The summed E-state index contributed by atoms with van der Waals surface area (Å²) >= 11 is 0. The van der Waals surface area contributed by atoms with Crippen molar-refractivity contribution in [1.29, 1.82) is 5.26 Å². The Labute approximate surface area is 165 Å². The van der Waals surface area contributed by atoms with Crippen LogP contribution in [-0.4, -0.2) is 9.55 Å². The number of aromatic nitrogens is 2. The molecule has 0 unspecified atom stereocenters. The van der Waals surface area contributed by atoms with E-state index in [-0.39, 0.29) is 17.0 Å². The van der Waals surface area contributed by atoms with Gasteiger partial charge in [-0.2, -0.15) is 5.26 Å². The fourth-order valence-corrected chi connectivity index (χ4v) is 3.21. The van der Waals surface area contributed by atoms with Gasteiger partial charge in [0.15, 0.2) is 0 Å². The molecule has 1 heterocycles. The smallest absolute Gasteiger partial charge is 0.148 e. The summed E-state index contributed by atoms with van der Waals surface area (Å²) in [6.07, 6.45) is 1.48. The van der Waals surface area contributed by atoms with Crippen LogP contribution in [0.15, 0.2) is 66.7 Å². The van der Waals surface area contributed by atoms with Crippen molar-refractivity contribution in [3.05, 3.63) is 95.3 Å². The first-order valence-corrected chi connectivity index (χ1v) is 8.80. The molecule has 0 atom stereocenters. The van der Waals surface area contributed by atoms with E-state index >= 15 is 0 Å². The highest BCUT2D eigenvalue weighted by molar-refractivity contribution is 5.90. The molecule has 3 nitrogen and oxygen atoms in total. The molecule has 29 heavy (non-hydrogen) atoms. The number of imidazole rings is 1. The molecule has 142 valence electrons. The Kier molecular flexibility index (Phi) is 4.88. The zero-order chi connectivity index (χ0) is 20.4. The number of hydrogen-bond donors (Lipinski definition) is 0. The van der Waals surface area contributed by atoms with E-state index in [0.717, 1.165) is 23.7 Å². The first-order valence-electron chi connectivity index (χ1n) is 8.80. The van der Waals surface area contributed by atoms with Gasteiger partial charge < -0.3 is 0 Å². The predicted octanol–water partition coefficient (Wildman–Crippen LogP) is 5.84. The van der Waals surface area contributed by atoms with Gasteiger partial charge in [0.2, 0.25) is 0 Å². The molecular formula is C23H14F3N3. The van der Waals surface area contributed by atoms with E-state index < -0.39 is 18.3 Å². The third kappa shape index (κ3) is 3.50. The maximum Gasteiger partial charge on any atom is 0.148 e. The summed E-state index contributed by atoms with van der Waals surface area (Å²) in [7, 11) is 0. The second-order valence-electron chi connectivity index (χ2n) is 6.37. The average Bonchev–Trinajstić information content (AvgIpc) is 3.13. The number of halogens is 3. The van der Waals surface area contributed by atoms with Crippen molar-refractivity contribution >= 4 is 22.7 Å². The van der Waals surface area contributed by atoms with E-state index in [2.05, 4.69) is 4.98 Å². The topological polar surface area (TPSA) is 41.6 Å². The van der Waals surface area contributed by atoms with Gasteiger partial charge in [-0.3, -0.25) is 4.57 Å². The Morgan fingerprint density at radius 1 is 1.03 bits per heavy atom. The maximum atomic E-state index is 14.0. The van der Waals surface area contributed by atoms with Crippen LogP contribution in [-0.2, 0) is 6.67 Å². The minimum Gasteiger partial charge on any atom is -0.294 e. The zero-order valence-electron chi connectivity index (χ0n) is 15.1. The number of nitrogens with zero attached hydrogens (tertiary/aromatic N) is 3. The first-order chi connectivity index (χ1) is 14.1. The second kappa shape index (κ2) is 7.64. The maximum absolute atomic E-state index is 14.0. The van der Waals surface area contributed by atoms with Gasteiger partial charge in [0.1, 0.15) is 24.1 Å². The Morgan fingerprint density at radius 2 is 1.79 bits per heavy atom. The van der Waals surface area contributed by atoms with Crippen LogP contribution in [0.25, 0.3) is 28.4 Å². The Balaban J connectivity index is 1.74. The number of benzene rings is 3.